The SMILES string of the molecule is CCC(C)C(C(CC(=O)N1CCCC1C(OC)C(C)C(=O)NC(Cc1ccccc1)C(=O)NCC(=O)NCC(=O)O)OC)N(C)C(=O)CC(C)C. The van der Waals surface area contributed by atoms with E-state index in [0.717, 1.165) is 12.0 Å². The number of likely N-dealkylation sites (N-methyl/N-ethyl adjacent to an activating group) is 1. The van der Waals surface area contributed by atoms with E-state index in [1.165, 1.54) is 7.11 Å². The first-order valence-corrected chi connectivity index (χ1v) is 17.9. The van der Waals surface area contributed by atoms with E-state index in [-0.39, 0.29) is 42.5 Å². The van der Waals surface area contributed by atoms with E-state index < -0.39 is 67.0 Å². The monoisotopic (exact) mass is 717 g/mol. The lowest BCUT2D eigenvalue weighted by atomic mass is 9.90. The average Bonchev–Trinajstić information content (AvgIpc) is 3.58. The van der Waals surface area contributed by atoms with Crippen LogP contribution in [0.1, 0.15) is 72.3 Å². The molecule has 51 heavy (non-hydrogen) atoms. The summed E-state index contributed by atoms with van der Waals surface area (Å²) in [6.07, 6.45) is 1.47. The molecule has 14 heteroatoms. The van der Waals surface area contributed by atoms with Crippen LogP contribution in [-0.2, 0) is 44.7 Å². The smallest absolute Gasteiger partial charge is 0.322 e. The highest BCUT2D eigenvalue weighted by Gasteiger charge is 2.42. The van der Waals surface area contributed by atoms with E-state index in [4.69, 9.17) is 14.6 Å². The molecule has 0 radical (unpaired) electrons. The minimum atomic E-state index is -1.22. The zero-order chi connectivity index (χ0) is 38.2. The molecule has 0 spiro atoms. The number of hydrogen-bond donors (Lipinski definition) is 4. The topological polar surface area (TPSA) is 184 Å². The first-order chi connectivity index (χ1) is 24.1. The van der Waals surface area contributed by atoms with Gasteiger partial charge in [0.2, 0.25) is 29.5 Å². The Hall–Kier alpha value is -4.04. The van der Waals surface area contributed by atoms with Gasteiger partial charge in [0.1, 0.15) is 12.6 Å². The number of methoxy groups -OCH3 is 2. The van der Waals surface area contributed by atoms with Crippen LogP contribution in [0.15, 0.2) is 30.3 Å². The third-order valence-electron chi connectivity index (χ3n) is 9.66. The molecule has 1 aliphatic rings. The van der Waals surface area contributed by atoms with Crippen molar-refractivity contribution in [1.29, 1.82) is 0 Å². The summed E-state index contributed by atoms with van der Waals surface area (Å²) in [5.41, 5.74) is 0.775. The van der Waals surface area contributed by atoms with Crippen LogP contribution >= 0.6 is 0 Å². The lowest BCUT2D eigenvalue weighted by Gasteiger charge is -2.39. The molecule has 0 bridgehead atoms. The predicted molar refractivity (Wildman–Crippen MR) is 191 cm³/mol. The van der Waals surface area contributed by atoms with E-state index in [1.807, 2.05) is 51.1 Å². The lowest BCUT2D eigenvalue weighted by molar-refractivity contribution is -0.146. The minimum Gasteiger partial charge on any atom is -0.480 e. The molecule has 1 aromatic carbocycles. The van der Waals surface area contributed by atoms with Crippen LogP contribution in [-0.4, -0.2) is 122 Å². The highest BCUT2D eigenvalue weighted by Crippen LogP contribution is 2.29. The van der Waals surface area contributed by atoms with Gasteiger partial charge in [-0.3, -0.25) is 28.8 Å². The summed E-state index contributed by atoms with van der Waals surface area (Å²) < 4.78 is 11.8. The van der Waals surface area contributed by atoms with Gasteiger partial charge in [-0.2, -0.15) is 0 Å². The van der Waals surface area contributed by atoms with Crippen LogP contribution in [0.25, 0.3) is 0 Å². The second-order valence-electron chi connectivity index (χ2n) is 13.9. The van der Waals surface area contributed by atoms with Crippen molar-refractivity contribution in [3.63, 3.8) is 0 Å². The molecule has 1 aromatic rings. The maximum atomic E-state index is 14.0. The molecule has 0 saturated carbocycles. The molecular weight excluding hydrogens is 658 g/mol. The van der Waals surface area contributed by atoms with Gasteiger partial charge < -0.3 is 40.3 Å². The van der Waals surface area contributed by atoms with Crippen molar-refractivity contribution >= 4 is 35.5 Å². The highest BCUT2D eigenvalue weighted by atomic mass is 16.5. The van der Waals surface area contributed by atoms with Crippen LogP contribution in [0.2, 0.25) is 0 Å². The van der Waals surface area contributed by atoms with Crippen molar-refractivity contribution in [2.24, 2.45) is 17.8 Å². The molecule has 2 rings (SSSR count). The first kappa shape index (κ1) is 43.1. The number of likely N-dealkylation sites (tertiary alicyclic amines) is 1. The Bertz CT molecular complexity index is 1310. The normalized spacial score (nSPS) is 17.8. The van der Waals surface area contributed by atoms with Crippen molar-refractivity contribution in [2.45, 2.75) is 103 Å². The summed E-state index contributed by atoms with van der Waals surface area (Å²) in [4.78, 5) is 80.4. The number of hydrogen-bond acceptors (Lipinski definition) is 8. The number of ether oxygens (including phenoxy) is 2. The molecule has 14 nitrogen and oxygen atoms in total. The Morgan fingerprint density at radius 2 is 1.61 bits per heavy atom. The number of nitrogens with one attached hydrogen (secondary N) is 3. The van der Waals surface area contributed by atoms with Gasteiger partial charge in [0, 0.05) is 40.7 Å². The molecule has 1 fully saturated rings. The Kier molecular flexibility index (Phi) is 18.1. The van der Waals surface area contributed by atoms with Crippen molar-refractivity contribution in [2.75, 3.05) is 40.9 Å². The molecule has 5 amide bonds. The van der Waals surface area contributed by atoms with Crippen molar-refractivity contribution in [1.82, 2.24) is 25.8 Å². The van der Waals surface area contributed by atoms with Crippen molar-refractivity contribution in [3.05, 3.63) is 35.9 Å². The summed E-state index contributed by atoms with van der Waals surface area (Å²) >= 11 is 0. The molecule has 0 aromatic heterocycles. The number of amides is 5. The van der Waals surface area contributed by atoms with Gasteiger partial charge in [0.25, 0.3) is 0 Å². The van der Waals surface area contributed by atoms with E-state index in [1.54, 1.807) is 30.9 Å². The van der Waals surface area contributed by atoms with Crippen molar-refractivity contribution in [3.8, 4) is 0 Å². The Morgan fingerprint density at radius 1 is 0.941 bits per heavy atom. The largest absolute Gasteiger partial charge is 0.480 e. The number of carboxylic acids is 1. The van der Waals surface area contributed by atoms with Gasteiger partial charge in [0.05, 0.1) is 43.2 Å². The third kappa shape index (κ3) is 13.2. The maximum absolute atomic E-state index is 14.0. The molecule has 1 saturated heterocycles. The Balaban J connectivity index is 2.22. The molecule has 7 unspecified atom stereocenters. The van der Waals surface area contributed by atoms with Gasteiger partial charge in [0.15, 0.2) is 0 Å². The van der Waals surface area contributed by atoms with E-state index in [2.05, 4.69) is 22.9 Å². The van der Waals surface area contributed by atoms with Gasteiger partial charge in [-0.25, -0.2) is 0 Å². The van der Waals surface area contributed by atoms with E-state index in [0.29, 0.717) is 25.8 Å². The first-order valence-electron chi connectivity index (χ1n) is 17.9. The second kappa shape index (κ2) is 21.4. The fraction of sp³-hybridized carbons (Fsp3) is 0.676. The summed E-state index contributed by atoms with van der Waals surface area (Å²) in [5, 5.41) is 16.3. The molecule has 286 valence electrons. The van der Waals surface area contributed by atoms with Crippen molar-refractivity contribution < 1.29 is 43.3 Å². The predicted octanol–water partition coefficient (Wildman–Crippen LogP) is 2.00. The van der Waals surface area contributed by atoms with Gasteiger partial charge >= 0.3 is 5.97 Å². The fourth-order valence-electron chi connectivity index (χ4n) is 6.71. The highest BCUT2D eigenvalue weighted by molar-refractivity contribution is 5.92. The van der Waals surface area contributed by atoms with Gasteiger partial charge in [-0.15, -0.1) is 0 Å². The molecule has 1 heterocycles. The van der Waals surface area contributed by atoms with Crippen LogP contribution in [0.5, 0.6) is 0 Å². The summed E-state index contributed by atoms with van der Waals surface area (Å²) in [7, 11) is 4.83. The zero-order valence-electron chi connectivity index (χ0n) is 31.5. The molecule has 0 aliphatic carbocycles. The Morgan fingerprint density at radius 3 is 2.18 bits per heavy atom. The Labute approximate surface area is 302 Å². The van der Waals surface area contributed by atoms with Gasteiger partial charge in [-0.05, 0) is 30.2 Å². The number of nitrogens with zero attached hydrogens (tertiary/aromatic N) is 2. The van der Waals surface area contributed by atoms with Gasteiger partial charge in [-0.1, -0.05) is 71.4 Å². The number of aliphatic carboxylic acids is 1. The number of carbonyl (C=O) groups excluding carboxylic acids is 5. The lowest BCUT2D eigenvalue weighted by Crippen LogP contribution is -2.55. The van der Waals surface area contributed by atoms with E-state index >= 15 is 0 Å². The molecule has 7 atom stereocenters. The minimum absolute atomic E-state index is 0.00355. The van der Waals surface area contributed by atoms with Crippen LogP contribution in [0, 0.1) is 17.8 Å². The number of rotatable bonds is 21. The summed E-state index contributed by atoms with van der Waals surface area (Å²) in [5.74, 6) is -3.64. The number of carbonyl (C=O) groups is 6. The summed E-state index contributed by atoms with van der Waals surface area (Å²) in [6.45, 7) is 9.20. The quantitative estimate of drug-likeness (QED) is 0.148. The summed E-state index contributed by atoms with van der Waals surface area (Å²) in [6, 6.07) is 7.29. The molecular formula is C37H59N5O9. The third-order valence-corrected chi connectivity index (χ3v) is 9.66. The van der Waals surface area contributed by atoms with Crippen LogP contribution < -0.4 is 16.0 Å². The standard InChI is InChI=1S/C37H59N5O9/c1-9-24(4)34(41(6)31(44)18-23(2)3)29(50-7)20-32(45)42-17-13-16-28(42)35(51-8)25(5)36(48)40-27(19-26-14-11-10-12-15-26)37(49)39-21-30(43)38-22-33(46)47/h10-12,14-15,23-25,27-29,34-35H,9,13,16-22H2,1-8H3,(H,38,43)(H,39,49)(H,40,48)(H,46,47). The molecule has 4 N–H and O–H groups in total. The molecule has 1 aliphatic heterocycles. The number of carboxylic acid groups (broad SMARTS) is 1. The van der Waals surface area contributed by atoms with Crippen LogP contribution in [0.3, 0.4) is 0 Å². The van der Waals surface area contributed by atoms with Crippen LogP contribution in [0.4, 0.5) is 0 Å². The maximum Gasteiger partial charge on any atom is 0.322 e. The second-order valence-corrected chi connectivity index (χ2v) is 13.9. The fourth-order valence-corrected chi connectivity index (χ4v) is 6.71. The number of benzene rings is 1. The zero-order valence-corrected chi connectivity index (χ0v) is 31.5. The van der Waals surface area contributed by atoms with E-state index in [9.17, 15) is 28.8 Å². The average molecular weight is 718 g/mol.